The molecule has 2 aromatic rings. The maximum atomic E-state index is 14.4. The van der Waals surface area contributed by atoms with Crippen molar-refractivity contribution in [1.82, 2.24) is 15.2 Å². The minimum Gasteiger partial charge on any atom is -0.458 e. The van der Waals surface area contributed by atoms with Crippen LogP contribution in [0.5, 0.6) is 0 Å². The van der Waals surface area contributed by atoms with Crippen LogP contribution in [0.3, 0.4) is 0 Å². The Morgan fingerprint density at radius 3 is 2.44 bits per heavy atom. The molecule has 0 radical (unpaired) electrons. The van der Waals surface area contributed by atoms with Gasteiger partial charge in [-0.15, -0.1) is 0 Å². The Hall–Kier alpha value is -3.75. The topological polar surface area (TPSA) is 163 Å². The highest BCUT2D eigenvalue weighted by Crippen LogP contribution is 2.40. The number of alkyl carbamates (subject to hydrolysis) is 1. The molecule has 0 saturated carbocycles. The van der Waals surface area contributed by atoms with E-state index in [0.717, 1.165) is 16.5 Å². The van der Waals surface area contributed by atoms with Crippen molar-refractivity contribution >= 4 is 40.6 Å². The summed E-state index contributed by atoms with van der Waals surface area (Å²) in [6, 6.07) is 8.70. The normalized spacial score (nSPS) is 38.1. The van der Waals surface area contributed by atoms with Crippen LogP contribution < -0.4 is 5.32 Å². The SMILES string of the molecule is CC[C@H]1OC(=O)[C@H](C)C(=O)[C@H](C)[C@@H](OC2O[C@H](C)C[C@H](N(C)C)[C@H]2O)[C@@](C)(OC/C=C/c2cnc3ccccc3c2)C[C@@H](C)C(=O)[C@H](C)[C@H]2NC(=O)O[C@@]21C. The monoisotopic (exact) mass is 765 g/mol. The predicted molar refractivity (Wildman–Crippen MR) is 206 cm³/mol. The second-order valence-corrected chi connectivity index (χ2v) is 16.4. The second-order valence-electron chi connectivity index (χ2n) is 16.4. The van der Waals surface area contributed by atoms with Crippen LogP contribution in [0.15, 0.2) is 42.6 Å². The summed E-state index contributed by atoms with van der Waals surface area (Å²) in [5, 5.41) is 15.4. The van der Waals surface area contributed by atoms with Crippen molar-refractivity contribution in [2.45, 2.75) is 129 Å². The molecule has 1 amide bonds. The number of carbonyl (C=O) groups excluding carboxylic acids is 4. The molecule has 13 atom stereocenters. The summed E-state index contributed by atoms with van der Waals surface area (Å²) in [4.78, 5) is 61.8. The van der Waals surface area contributed by atoms with Gasteiger partial charge in [0.1, 0.15) is 23.9 Å². The molecule has 2 N–H and O–H groups in total. The number of amides is 1. The van der Waals surface area contributed by atoms with Crippen molar-refractivity contribution in [2.24, 2.45) is 23.7 Å². The first-order valence-corrected chi connectivity index (χ1v) is 19.5. The molecule has 4 heterocycles. The molecule has 302 valence electrons. The first-order valence-electron chi connectivity index (χ1n) is 19.5. The Morgan fingerprint density at radius 1 is 1.04 bits per heavy atom. The zero-order valence-corrected chi connectivity index (χ0v) is 33.8. The number of likely N-dealkylation sites (N-methyl/N-ethyl adjacent to an activating group) is 1. The third-order valence-electron chi connectivity index (χ3n) is 11.9. The number of hydrogen-bond acceptors (Lipinski definition) is 12. The molecule has 0 bridgehead atoms. The van der Waals surface area contributed by atoms with E-state index in [4.69, 9.17) is 23.7 Å². The Morgan fingerprint density at radius 2 is 1.75 bits per heavy atom. The van der Waals surface area contributed by atoms with Gasteiger partial charge in [-0.3, -0.25) is 19.4 Å². The van der Waals surface area contributed by atoms with E-state index in [1.807, 2.05) is 68.4 Å². The van der Waals surface area contributed by atoms with Crippen LogP contribution in [0.2, 0.25) is 0 Å². The van der Waals surface area contributed by atoms with Gasteiger partial charge in [-0.25, -0.2) is 4.79 Å². The second kappa shape index (κ2) is 17.2. The number of para-hydroxylation sites is 1. The smallest absolute Gasteiger partial charge is 0.408 e. The number of rotatable bonds is 8. The van der Waals surface area contributed by atoms with Gasteiger partial charge in [0.15, 0.2) is 17.7 Å². The lowest BCUT2D eigenvalue weighted by Gasteiger charge is -2.47. The third-order valence-corrected chi connectivity index (χ3v) is 11.9. The maximum absolute atomic E-state index is 14.4. The number of nitrogens with one attached hydrogen (secondary N) is 1. The average Bonchev–Trinajstić information content (AvgIpc) is 3.47. The van der Waals surface area contributed by atoms with Crippen molar-refractivity contribution in [3.8, 4) is 0 Å². The Balaban J connectivity index is 1.56. The van der Waals surface area contributed by atoms with Gasteiger partial charge in [0, 0.05) is 35.4 Å². The standard InChI is InChI=1S/C42H59N3O10/c1-11-32-42(8)36(44-40(50)55-42)25(4)33(46)23(2)21-41(7,51-18-14-15-28-20-29-16-12-13-17-30(29)43-22-28)37(26(5)34(47)27(6)38(49)53-32)54-39-35(48)31(45(9)10)19-24(3)52-39/h12-17,20,22-27,31-32,35-37,39,48H,11,18-19,21H2,1-10H3,(H,44,50)/b15-14+/t23-,24-,25+,26+,27-,31+,32-,35-,36-,37-,39?,41+,42-/m1/s1. The molecule has 1 aromatic carbocycles. The van der Waals surface area contributed by atoms with Crippen LogP contribution in [0, 0.1) is 23.7 Å². The van der Waals surface area contributed by atoms with Crippen LogP contribution in [-0.4, -0.2) is 113 Å². The summed E-state index contributed by atoms with van der Waals surface area (Å²) in [6.07, 6.45) is 1.12. The highest BCUT2D eigenvalue weighted by molar-refractivity contribution is 6.00. The van der Waals surface area contributed by atoms with Gasteiger partial charge in [0.25, 0.3) is 0 Å². The third kappa shape index (κ3) is 8.96. The maximum Gasteiger partial charge on any atom is 0.408 e. The Labute approximate surface area is 324 Å². The van der Waals surface area contributed by atoms with Crippen LogP contribution in [-0.2, 0) is 38.1 Å². The number of ketones is 2. The fraction of sp³-hybridized carbons (Fsp3) is 0.643. The minimum absolute atomic E-state index is 0.0612. The summed E-state index contributed by atoms with van der Waals surface area (Å²) in [7, 11) is 3.74. The lowest BCUT2D eigenvalue weighted by Crippen LogP contribution is -2.60. The number of Topliss-reactive ketones (excluding diaryl/α,β-unsaturated/α-hetero) is 2. The molecule has 1 unspecified atom stereocenters. The molecular formula is C42H59N3O10. The number of hydrogen-bond donors (Lipinski definition) is 2. The van der Waals surface area contributed by atoms with Crippen molar-refractivity contribution in [1.29, 1.82) is 0 Å². The van der Waals surface area contributed by atoms with Crippen molar-refractivity contribution < 1.29 is 48.0 Å². The molecule has 3 saturated heterocycles. The molecule has 0 aliphatic carbocycles. The summed E-state index contributed by atoms with van der Waals surface area (Å²) >= 11 is 0. The first kappa shape index (κ1) is 42.4. The molecule has 0 spiro atoms. The molecule has 3 aliphatic heterocycles. The van der Waals surface area contributed by atoms with E-state index in [-0.39, 0.29) is 37.4 Å². The van der Waals surface area contributed by atoms with Gasteiger partial charge in [0.05, 0.1) is 36.0 Å². The molecule has 1 aromatic heterocycles. The van der Waals surface area contributed by atoms with E-state index >= 15 is 0 Å². The number of aromatic nitrogens is 1. The lowest BCUT2D eigenvalue weighted by molar-refractivity contribution is -0.296. The highest BCUT2D eigenvalue weighted by atomic mass is 16.7. The zero-order chi connectivity index (χ0) is 40.4. The Bertz CT molecular complexity index is 1750. The van der Waals surface area contributed by atoms with Crippen LogP contribution in [0.4, 0.5) is 4.79 Å². The van der Waals surface area contributed by atoms with Crippen molar-refractivity contribution in [2.75, 3.05) is 20.7 Å². The van der Waals surface area contributed by atoms with Gasteiger partial charge in [-0.05, 0) is 78.7 Å². The molecule has 3 fully saturated rings. The van der Waals surface area contributed by atoms with Crippen molar-refractivity contribution in [3.05, 3.63) is 48.2 Å². The number of nitrogens with zero attached hydrogens (tertiary/aromatic N) is 2. The number of ether oxygens (including phenoxy) is 5. The molecule has 13 nitrogen and oxygen atoms in total. The summed E-state index contributed by atoms with van der Waals surface area (Å²) in [6.45, 7) is 13.8. The molecule has 13 heteroatoms. The summed E-state index contributed by atoms with van der Waals surface area (Å²) < 4.78 is 31.4. The minimum atomic E-state index is -1.38. The van der Waals surface area contributed by atoms with Crippen molar-refractivity contribution in [3.63, 3.8) is 0 Å². The summed E-state index contributed by atoms with van der Waals surface area (Å²) in [5.41, 5.74) is -1.00. The fourth-order valence-electron chi connectivity index (χ4n) is 8.73. The average molecular weight is 766 g/mol. The molecule has 5 rings (SSSR count). The predicted octanol–water partition coefficient (Wildman–Crippen LogP) is 5.11. The number of aliphatic hydroxyl groups is 1. The quantitative estimate of drug-likeness (QED) is 0.270. The van der Waals surface area contributed by atoms with E-state index in [9.17, 15) is 24.3 Å². The van der Waals surface area contributed by atoms with Crippen LogP contribution in [0.25, 0.3) is 17.0 Å². The highest BCUT2D eigenvalue weighted by Gasteiger charge is 2.57. The van der Waals surface area contributed by atoms with Gasteiger partial charge in [-0.1, -0.05) is 58.0 Å². The lowest BCUT2D eigenvalue weighted by atomic mass is 9.73. The van der Waals surface area contributed by atoms with E-state index in [0.29, 0.717) is 6.42 Å². The first-order chi connectivity index (χ1) is 25.9. The largest absolute Gasteiger partial charge is 0.458 e. The molecular weight excluding hydrogens is 706 g/mol. The van der Waals surface area contributed by atoms with E-state index in [1.54, 1.807) is 47.7 Å². The van der Waals surface area contributed by atoms with Gasteiger partial charge < -0.3 is 39.0 Å². The van der Waals surface area contributed by atoms with E-state index in [2.05, 4.69) is 10.3 Å². The Kier molecular flexibility index (Phi) is 13.2. The van der Waals surface area contributed by atoms with Crippen LogP contribution >= 0.6 is 0 Å². The van der Waals surface area contributed by atoms with Gasteiger partial charge >= 0.3 is 12.1 Å². The fourth-order valence-corrected chi connectivity index (χ4v) is 8.73. The van der Waals surface area contributed by atoms with Crippen LogP contribution in [0.1, 0.15) is 80.2 Å². The number of esters is 1. The zero-order valence-electron chi connectivity index (χ0n) is 33.8. The van der Waals surface area contributed by atoms with E-state index in [1.165, 1.54) is 6.92 Å². The number of aliphatic hydroxyl groups excluding tert-OH is 1. The van der Waals surface area contributed by atoms with E-state index < -0.39 is 83.4 Å². The summed E-state index contributed by atoms with van der Waals surface area (Å²) in [5.74, 6) is -5.12. The number of fused-ring (bicyclic) bond motifs is 2. The number of cyclic esters (lactones) is 1. The number of pyridine rings is 1. The molecule has 3 aliphatic rings. The number of carbonyl (C=O) groups is 4. The molecule has 55 heavy (non-hydrogen) atoms. The van der Waals surface area contributed by atoms with Gasteiger partial charge in [-0.2, -0.15) is 0 Å². The number of benzene rings is 1. The van der Waals surface area contributed by atoms with Gasteiger partial charge in [0.2, 0.25) is 0 Å².